The molecule has 6 nitrogen and oxygen atoms in total. The molecule has 0 bridgehead atoms. The van der Waals surface area contributed by atoms with Crippen molar-refractivity contribution < 1.29 is 14.7 Å². The number of nitro groups is 1. The van der Waals surface area contributed by atoms with Gasteiger partial charge in [0.2, 0.25) is 0 Å². The minimum absolute atomic E-state index is 0.0292. The lowest BCUT2D eigenvalue weighted by molar-refractivity contribution is -0.385. The van der Waals surface area contributed by atoms with Gasteiger partial charge in [0, 0.05) is 17.2 Å². The van der Waals surface area contributed by atoms with Crippen molar-refractivity contribution in [3.05, 3.63) is 33.4 Å². The molecule has 0 amide bonds. The average Bonchev–Trinajstić information content (AvgIpc) is 2.62. The summed E-state index contributed by atoms with van der Waals surface area (Å²) in [6.07, 6.45) is 0.462. The van der Waals surface area contributed by atoms with Crippen LogP contribution in [0, 0.1) is 10.1 Å². The van der Waals surface area contributed by atoms with Crippen LogP contribution in [0.1, 0.15) is 18.1 Å². The molecule has 86 valence electrons. The van der Waals surface area contributed by atoms with Crippen LogP contribution in [0.25, 0.3) is 0 Å². The largest absolute Gasteiger partial charge is 0.337 e. The molecule has 0 saturated carbocycles. The summed E-state index contributed by atoms with van der Waals surface area (Å²) in [5, 5.41) is 10.9. The first-order chi connectivity index (χ1) is 7.58. The number of rotatable bonds is 3. The van der Waals surface area contributed by atoms with Gasteiger partial charge in [0.25, 0.3) is 5.69 Å². The van der Waals surface area contributed by atoms with Crippen LogP contribution in [0.4, 0.5) is 5.69 Å². The van der Waals surface area contributed by atoms with Crippen molar-refractivity contribution in [2.45, 2.75) is 26.0 Å². The lowest BCUT2D eigenvalue weighted by atomic mass is 10.0. The summed E-state index contributed by atoms with van der Waals surface area (Å²) in [6.45, 7) is 2.13. The zero-order chi connectivity index (χ0) is 11.7. The molecule has 1 unspecified atom stereocenters. The molecule has 0 saturated heterocycles. The Morgan fingerprint density at radius 2 is 2.38 bits per heavy atom. The lowest BCUT2D eigenvalue weighted by Crippen LogP contribution is -2.18. The Morgan fingerprint density at radius 1 is 1.62 bits per heavy atom. The van der Waals surface area contributed by atoms with Crippen LogP contribution in [-0.2, 0) is 17.9 Å². The second-order valence-corrected chi connectivity index (χ2v) is 3.87. The molecule has 1 aliphatic rings. The number of benzene rings is 1. The minimum atomic E-state index is -0.431. The van der Waals surface area contributed by atoms with E-state index in [0.29, 0.717) is 24.3 Å². The van der Waals surface area contributed by atoms with Gasteiger partial charge in [-0.1, -0.05) is 0 Å². The third-order valence-electron chi connectivity index (χ3n) is 2.36. The predicted molar refractivity (Wildman–Crippen MR) is 55.9 cm³/mol. The van der Waals surface area contributed by atoms with Crippen LogP contribution in [0.5, 0.6) is 5.75 Å². The summed E-state index contributed by atoms with van der Waals surface area (Å²) in [5.41, 5.74) is 7.12. The minimum Gasteiger partial charge on any atom is -0.337 e. The number of hydrogen-bond acceptors (Lipinski definition) is 5. The zero-order valence-corrected chi connectivity index (χ0v) is 8.80. The summed E-state index contributed by atoms with van der Waals surface area (Å²) in [5.74, 6) is 0.417. The van der Waals surface area contributed by atoms with Gasteiger partial charge < -0.3 is 10.6 Å². The summed E-state index contributed by atoms with van der Waals surface area (Å²) in [7, 11) is 0. The molecule has 1 heterocycles. The molecular formula is C10H12N2O4. The van der Waals surface area contributed by atoms with Crippen molar-refractivity contribution in [2.24, 2.45) is 5.73 Å². The van der Waals surface area contributed by atoms with E-state index in [9.17, 15) is 10.1 Å². The smallest absolute Gasteiger partial charge is 0.276 e. The van der Waals surface area contributed by atoms with Crippen molar-refractivity contribution >= 4 is 5.69 Å². The Kier molecular flexibility index (Phi) is 2.76. The van der Waals surface area contributed by atoms with E-state index in [1.54, 1.807) is 6.07 Å². The van der Waals surface area contributed by atoms with Gasteiger partial charge in [-0.2, -0.15) is 4.89 Å². The lowest BCUT2D eigenvalue weighted by Gasteiger charge is -2.07. The monoisotopic (exact) mass is 224 g/mol. The molecule has 0 aliphatic carbocycles. The van der Waals surface area contributed by atoms with E-state index >= 15 is 0 Å². The summed E-state index contributed by atoms with van der Waals surface area (Å²) >= 11 is 0. The number of nitrogens with zero attached hydrogens (tertiary/aromatic N) is 1. The Bertz CT molecular complexity index is 431. The quantitative estimate of drug-likeness (QED) is 0.475. The maximum Gasteiger partial charge on any atom is 0.276 e. The van der Waals surface area contributed by atoms with Gasteiger partial charge in [0.05, 0.1) is 11.0 Å². The first-order valence-electron chi connectivity index (χ1n) is 4.93. The number of nitro benzene ring substituents is 1. The molecular weight excluding hydrogens is 212 g/mol. The molecule has 16 heavy (non-hydrogen) atoms. The van der Waals surface area contributed by atoms with Crippen LogP contribution in [-0.4, -0.2) is 11.0 Å². The van der Waals surface area contributed by atoms with Gasteiger partial charge >= 0.3 is 0 Å². The van der Waals surface area contributed by atoms with E-state index in [1.165, 1.54) is 6.07 Å². The standard InChI is InChI=1S/C10H12N2O4/c1-6(11)2-7-3-8-5-15-16-10(8)4-9(7)12(13)14/h3-4,6H,2,5,11H2,1H3. The zero-order valence-electron chi connectivity index (χ0n) is 8.80. The maximum atomic E-state index is 10.9. The third kappa shape index (κ3) is 1.98. The highest BCUT2D eigenvalue weighted by Gasteiger charge is 2.23. The fraction of sp³-hybridized carbons (Fsp3) is 0.400. The normalized spacial score (nSPS) is 15.4. The molecule has 0 spiro atoms. The van der Waals surface area contributed by atoms with Crippen molar-refractivity contribution in [3.63, 3.8) is 0 Å². The molecule has 2 N–H and O–H groups in total. The van der Waals surface area contributed by atoms with Crippen molar-refractivity contribution in [2.75, 3.05) is 0 Å². The molecule has 0 aromatic heterocycles. The summed E-state index contributed by atoms with van der Waals surface area (Å²) < 4.78 is 0. The van der Waals surface area contributed by atoms with Gasteiger partial charge in [-0.05, 0) is 19.4 Å². The highest BCUT2D eigenvalue weighted by molar-refractivity contribution is 5.51. The van der Waals surface area contributed by atoms with Crippen LogP contribution in [0.2, 0.25) is 0 Å². The Morgan fingerprint density at radius 3 is 3.00 bits per heavy atom. The van der Waals surface area contributed by atoms with Crippen LogP contribution < -0.4 is 10.6 Å². The second kappa shape index (κ2) is 4.07. The molecule has 1 aromatic carbocycles. The fourth-order valence-corrected chi connectivity index (χ4v) is 1.69. The van der Waals surface area contributed by atoms with Crippen molar-refractivity contribution in [3.8, 4) is 5.75 Å². The maximum absolute atomic E-state index is 10.9. The van der Waals surface area contributed by atoms with E-state index in [2.05, 4.69) is 0 Å². The van der Waals surface area contributed by atoms with Gasteiger partial charge in [-0.3, -0.25) is 10.1 Å². The van der Waals surface area contributed by atoms with Crippen LogP contribution in [0.15, 0.2) is 12.1 Å². The number of nitrogens with two attached hydrogens (primary N) is 1. The van der Waals surface area contributed by atoms with Crippen LogP contribution >= 0.6 is 0 Å². The first kappa shape index (κ1) is 10.8. The predicted octanol–water partition coefficient (Wildman–Crippen LogP) is 1.31. The summed E-state index contributed by atoms with van der Waals surface area (Å²) in [6, 6.07) is 2.99. The van der Waals surface area contributed by atoms with Gasteiger partial charge in [-0.15, -0.1) is 0 Å². The third-order valence-corrected chi connectivity index (χ3v) is 2.36. The van der Waals surface area contributed by atoms with Gasteiger partial charge in [-0.25, -0.2) is 0 Å². The topological polar surface area (TPSA) is 87.6 Å². The SMILES string of the molecule is CC(N)Cc1cc2c(cc1[N+](=O)[O-])OOC2. The Balaban J connectivity index is 2.44. The van der Waals surface area contributed by atoms with Gasteiger partial charge in [0.1, 0.15) is 6.61 Å². The van der Waals surface area contributed by atoms with E-state index in [-0.39, 0.29) is 11.7 Å². The molecule has 1 aliphatic heterocycles. The molecule has 1 aromatic rings. The van der Waals surface area contributed by atoms with Crippen molar-refractivity contribution in [1.82, 2.24) is 0 Å². The van der Waals surface area contributed by atoms with E-state index in [4.69, 9.17) is 15.5 Å². The van der Waals surface area contributed by atoms with Crippen LogP contribution in [0.3, 0.4) is 0 Å². The molecule has 2 rings (SSSR count). The van der Waals surface area contributed by atoms with Crippen molar-refractivity contribution in [1.29, 1.82) is 0 Å². The first-order valence-corrected chi connectivity index (χ1v) is 4.93. The second-order valence-electron chi connectivity index (χ2n) is 3.87. The molecule has 1 atom stereocenters. The number of hydrogen-bond donors (Lipinski definition) is 1. The average molecular weight is 224 g/mol. The fourth-order valence-electron chi connectivity index (χ4n) is 1.69. The van der Waals surface area contributed by atoms with E-state index in [0.717, 1.165) is 5.56 Å². The summed E-state index contributed by atoms with van der Waals surface area (Å²) in [4.78, 5) is 20.0. The Hall–Kier alpha value is -1.66. The van der Waals surface area contributed by atoms with E-state index in [1.807, 2.05) is 6.92 Å². The molecule has 6 heteroatoms. The van der Waals surface area contributed by atoms with E-state index < -0.39 is 4.92 Å². The highest BCUT2D eigenvalue weighted by Crippen LogP contribution is 2.33. The number of fused-ring (bicyclic) bond motifs is 1. The molecule has 0 radical (unpaired) electrons. The highest BCUT2D eigenvalue weighted by atomic mass is 17.2. The Labute approximate surface area is 92.0 Å². The van der Waals surface area contributed by atoms with Gasteiger partial charge in [0.15, 0.2) is 5.75 Å². The molecule has 0 fully saturated rings.